The Balaban J connectivity index is 2.34. The molecule has 130 valence electrons. The zero-order valence-electron chi connectivity index (χ0n) is 13.0. The number of nitrogens with zero attached hydrogens (tertiary/aromatic N) is 3. The van der Waals surface area contributed by atoms with E-state index < -0.39 is 28.4 Å². The molecule has 0 radical (unpaired) electrons. The number of aryl methyl sites for hydroxylation is 1. The molecule has 10 heteroatoms. The van der Waals surface area contributed by atoms with E-state index in [1.807, 2.05) is 0 Å². The van der Waals surface area contributed by atoms with Crippen LogP contribution in [-0.2, 0) is 21.9 Å². The first-order valence-electron chi connectivity index (χ1n) is 6.91. The van der Waals surface area contributed by atoms with Gasteiger partial charge in [-0.15, -0.1) is 0 Å². The molecule has 2 aromatic rings. The predicted octanol–water partition coefficient (Wildman–Crippen LogP) is 1.24. The number of carboxylic acid groups (broad SMARTS) is 1. The second-order valence-corrected chi connectivity index (χ2v) is 6.68. The van der Waals surface area contributed by atoms with Gasteiger partial charge in [0.15, 0.2) is 18.2 Å². The molecular formula is C14H16FN3O5S. The van der Waals surface area contributed by atoms with Gasteiger partial charge in [-0.3, -0.25) is 8.99 Å². The first-order valence-corrected chi connectivity index (χ1v) is 8.35. The van der Waals surface area contributed by atoms with E-state index in [2.05, 4.69) is 5.10 Å². The summed E-state index contributed by atoms with van der Waals surface area (Å²) >= 11 is 0. The van der Waals surface area contributed by atoms with Gasteiger partial charge in [0.25, 0.3) is 10.0 Å². The van der Waals surface area contributed by atoms with Crippen LogP contribution in [0.5, 0.6) is 5.75 Å². The Bertz CT molecular complexity index is 850. The monoisotopic (exact) mass is 357 g/mol. The lowest BCUT2D eigenvalue weighted by Crippen LogP contribution is -2.30. The number of halogens is 1. The average Bonchev–Trinajstić information content (AvgIpc) is 2.92. The first kappa shape index (κ1) is 17.7. The number of carbonyl (C=O) groups is 1. The fraction of sp³-hybridized carbons (Fsp3) is 0.286. The van der Waals surface area contributed by atoms with Crippen molar-refractivity contribution in [3.8, 4) is 5.75 Å². The van der Waals surface area contributed by atoms with Gasteiger partial charge in [0.2, 0.25) is 0 Å². The molecule has 0 saturated carbocycles. The highest BCUT2D eigenvalue weighted by Gasteiger charge is 2.25. The van der Waals surface area contributed by atoms with E-state index in [0.717, 1.165) is 22.5 Å². The molecule has 0 aliphatic carbocycles. The molecule has 0 saturated heterocycles. The summed E-state index contributed by atoms with van der Waals surface area (Å²) in [6, 6.07) is 3.04. The number of hydrogen-bond donors (Lipinski definition) is 1. The number of aromatic nitrogens is 2. The molecule has 0 spiro atoms. The van der Waals surface area contributed by atoms with Gasteiger partial charge < -0.3 is 9.84 Å². The number of carboxylic acids is 1. The van der Waals surface area contributed by atoms with E-state index in [4.69, 9.17) is 9.84 Å². The smallest absolute Gasteiger partial charge is 0.341 e. The Kier molecular flexibility index (Phi) is 5.07. The van der Waals surface area contributed by atoms with Gasteiger partial charge in [0.1, 0.15) is 0 Å². The second-order valence-electron chi connectivity index (χ2n) is 4.82. The standard InChI is InChI=1S/C14H16FN3O5S/c1-3-18(10-7-16-17(2)8-10)24(21,22)11-4-5-13(12(15)6-11)23-9-14(19)20/h4-8H,3,9H2,1-2H3,(H,19,20). The summed E-state index contributed by atoms with van der Waals surface area (Å²) in [4.78, 5) is 10.2. The van der Waals surface area contributed by atoms with Gasteiger partial charge in [-0.05, 0) is 25.1 Å². The molecule has 1 aromatic carbocycles. The van der Waals surface area contributed by atoms with Crippen molar-refractivity contribution in [1.29, 1.82) is 0 Å². The number of benzene rings is 1. The Morgan fingerprint density at radius 1 is 1.46 bits per heavy atom. The van der Waals surface area contributed by atoms with Crippen molar-refractivity contribution in [2.45, 2.75) is 11.8 Å². The van der Waals surface area contributed by atoms with E-state index in [0.29, 0.717) is 5.69 Å². The topological polar surface area (TPSA) is 102 Å². The van der Waals surface area contributed by atoms with Crippen molar-refractivity contribution in [2.24, 2.45) is 7.05 Å². The van der Waals surface area contributed by atoms with E-state index in [1.54, 1.807) is 14.0 Å². The van der Waals surface area contributed by atoms with Gasteiger partial charge in [0.05, 0.1) is 16.8 Å². The maximum Gasteiger partial charge on any atom is 0.341 e. The molecule has 0 fully saturated rings. The van der Waals surface area contributed by atoms with Gasteiger partial charge in [0, 0.05) is 19.8 Å². The third kappa shape index (κ3) is 3.65. The summed E-state index contributed by atoms with van der Waals surface area (Å²) in [5.74, 6) is -2.56. The van der Waals surface area contributed by atoms with Crippen LogP contribution in [0.15, 0.2) is 35.5 Å². The number of hydrogen-bond acceptors (Lipinski definition) is 5. The summed E-state index contributed by atoms with van der Waals surface area (Å²) in [5.41, 5.74) is 0.353. The number of rotatable bonds is 7. The summed E-state index contributed by atoms with van der Waals surface area (Å²) in [7, 11) is -2.34. The molecule has 8 nitrogen and oxygen atoms in total. The van der Waals surface area contributed by atoms with E-state index >= 15 is 0 Å². The molecule has 0 unspecified atom stereocenters. The maximum atomic E-state index is 14.0. The molecule has 0 aliphatic rings. The minimum atomic E-state index is -3.99. The van der Waals surface area contributed by atoms with Crippen molar-refractivity contribution in [3.05, 3.63) is 36.4 Å². The van der Waals surface area contributed by atoms with E-state index in [-0.39, 0.29) is 17.2 Å². The number of anilines is 1. The Labute approximate surface area is 138 Å². The van der Waals surface area contributed by atoms with Crippen LogP contribution in [0.25, 0.3) is 0 Å². The predicted molar refractivity (Wildman–Crippen MR) is 82.9 cm³/mol. The minimum Gasteiger partial charge on any atom is -0.479 e. The van der Waals surface area contributed by atoms with Crippen LogP contribution in [0.1, 0.15) is 6.92 Å². The van der Waals surface area contributed by atoms with E-state index in [1.165, 1.54) is 17.1 Å². The van der Waals surface area contributed by atoms with Crippen LogP contribution in [0.2, 0.25) is 0 Å². The highest BCUT2D eigenvalue weighted by molar-refractivity contribution is 7.92. The molecule has 0 bridgehead atoms. The molecule has 1 aromatic heterocycles. The molecule has 24 heavy (non-hydrogen) atoms. The summed E-state index contributed by atoms with van der Waals surface area (Å²) in [6.07, 6.45) is 2.92. The van der Waals surface area contributed by atoms with Crippen LogP contribution in [0.3, 0.4) is 0 Å². The lowest BCUT2D eigenvalue weighted by atomic mass is 10.3. The zero-order chi connectivity index (χ0) is 17.9. The Hall–Kier alpha value is -2.62. The molecule has 0 amide bonds. The first-order chi connectivity index (χ1) is 11.3. The van der Waals surface area contributed by atoms with Crippen molar-refractivity contribution in [1.82, 2.24) is 9.78 Å². The highest BCUT2D eigenvalue weighted by atomic mass is 32.2. The Morgan fingerprint density at radius 3 is 2.67 bits per heavy atom. The fourth-order valence-electron chi connectivity index (χ4n) is 2.05. The van der Waals surface area contributed by atoms with Crippen molar-refractivity contribution in [2.75, 3.05) is 17.5 Å². The molecule has 2 rings (SSSR count). The molecule has 0 aliphatic heterocycles. The van der Waals surface area contributed by atoms with Gasteiger partial charge in [-0.25, -0.2) is 17.6 Å². The SMILES string of the molecule is CCN(c1cnn(C)c1)S(=O)(=O)c1ccc(OCC(=O)O)c(F)c1. The summed E-state index contributed by atoms with van der Waals surface area (Å²) in [5, 5.41) is 12.5. The van der Waals surface area contributed by atoms with E-state index in [9.17, 15) is 17.6 Å². The van der Waals surface area contributed by atoms with Crippen LogP contribution < -0.4 is 9.04 Å². The van der Waals surface area contributed by atoms with Crippen molar-refractivity contribution in [3.63, 3.8) is 0 Å². The molecule has 1 N–H and O–H groups in total. The van der Waals surface area contributed by atoms with Gasteiger partial charge >= 0.3 is 5.97 Å². The van der Waals surface area contributed by atoms with Crippen LogP contribution in [0.4, 0.5) is 10.1 Å². The third-order valence-electron chi connectivity index (χ3n) is 3.11. The van der Waals surface area contributed by atoms with Crippen molar-refractivity contribution < 1.29 is 27.4 Å². The average molecular weight is 357 g/mol. The zero-order valence-corrected chi connectivity index (χ0v) is 13.8. The van der Waals surface area contributed by atoms with Gasteiger partial charge in [-0.2, -0.15) is 5.10 Å². The Morgan fingerprint density at radius 2 is 2.17 bits per heavy atom. The molecular weight excluding hydrogens is 341 g/mol. The maximum absolute atomic E-state index is 14.0. The van der Waals surface area contributed by atoms with Gasteiger partial charge in [-0.1, -0.05) is 0 Å². The molecule has 0 atom stereocenters. The number of aliphatic carboxylic acids is 1. The van der Waals surface area contributed by atoms with Crippen LogP contribution in [0, 0.1) is 5.82 Å². The lowest BCUT2D eigenvalue weighted by molar-refractivity contribution is -0.139. The number of sulfonamides is 1. The third-order valence-corrected chi connectivity index (χ3v) is 5.01. The summed E-state index contributed by atoms with van der Waals surface area (Å²) in [6.45, 7) is 1.05. The highest BCUT2D eigenvalue weighted by Crippen LogP contribution is 2.26. The lowest BCUT2D eigenvalue weighted by Gasteiger charge is -2.21. The van der Waals surface area contributed by atoms with Crippen molar-refractivity contribution >= 4 is 21.7 Å². The largest absolute Gasteiger partial charge is 0.479 e. The normalized spacial score (nSPS) is 11.3. The molecule has 1 heterocycles. The summed E-state index contributed by atoms with van der Waals surface area (Å²) < 4.78 is 46.7. The fourth-order valence-corrected chi connectivity index (χ4v) is 3.51. The number of ether oxygens (including phenoxy) is 1. The van der Waals surface area contributed by atoms with Crippen LogP contribution in [-0.4, -0.2) is 42.4 Å². The quantitative estimate of drug-likeness (QED) is 0.800. The second kappa shape index (κ2) is 6.87. The van der Waals surface area contributed by atoms with Crippen LogP contribution >= 0.6 is 0 Å². The minimum absolute atomic E-state index is 0.132.